The molecule has 2 aliphatic rings. The molecule has 0 aliphatic heterocycles. The number of methoxy groups -OCH3 is 2. The molecule has 0 heterocycles. The molecule has 2 rings (SSSR count). The van der Waals surface area contributed by atoms with Gasteiger partial charge in [-0.3, -0.25) is 14.4 Å². The average Bonchev–Trinajstić information content (AvgIpc) is 2.75. The number of carbonyl (C=O) groups excluding carboxylic acids is 3. The second kappa shape index (κ2) is 12.9. The summed E-state index contributed by atoms with van der Waals surface area (Å²) in [4.78, 5) is 34.8. The van der Waals surface area contributed by atoms with Crippen LogP contribution in [0.1, 0.15) is 78.6 Å². The zero-order chi connectivity index (χ0) is 27.0. The molecule has 0 bridgehead atoms. The maximum atomic E-state index is 13.2. The zero-order valence-electron chi connectivity index (χ0n) is 21.2. The first-order valence-corrected chi connectivity index (χ1v) is 11.9. The van der Waals surface area contributed by atoms with Gasteiger partial charge in [-0.1, -0.05) is 0 Å². The summed E-state index contributed by atoms with van der Waals surface area (Å²) >= 11 is 0. The molecule has 0 radical (unpaired) electrons. The van der Waals surface area contributed by atoms with Crippen molar-refractivity contribution in [3.05, 3.63) is 0 Å². The van der Waals surface area contributed by atoms with Crippen molar-refractivity contribution < 1.29 is 46.2 Å². The lowest BCUT2D eigenvalue weighted by molar-refractivity contribution is -0.163. The van der Waals surface area contributed by atoms with Gasteiger partial charge in [-0.25, -0.2) is 17.6 Å². The van der Waals surface area contributed by atoms with E-state index in [2.05, 4.69) is 4.74 Å². The predicted octanol–water partition coefficient (Wildman–Crippen LogP) is 4.65. The van der Waals surface area contributed by atoms with Crippen molar-refractivity contribution in [3.63, 3.8) is 0 Å². The minimum atomic E-state index is -2.66. The fourth-order valence-corrected chi connectivity index (χ4v) is 4.37. The second-order valence-corrected chi connectivity index (χ2v) is 10.4. The quantitative estimate of drug-likeness (QED) is 0.313. The summed E-state index contributed by atoms with van der Waals surface area (Å²) < 4.78 is 66.3. The lowest BCUT2D eigenvalue weighted by atomic mass is 9.77. The van der Waals surface area contributed by atoms with E-state index in [1.165, 1.54) is 14.2 Å². The van der Waals surface area contributed by atoms with Gasteiger partial charge in [0, 0.05) is 25.7 Å². The highest BCUT2D eigenvalue weighted by atomic mass is 19.3. The Morgan fingerprint density at radius 2 is 1.23 bits per heavy atom. The molecule has 2 saturated carbocycles. The standard InChI is InChI=1S/C15H24F2O4.C9H15F2NO2/c1-14(2,3)21-12(18)9-11(13(19)20-4)10-5-7-15(16,17)8-6-10;1-14-8(13)7(12)6-2-4-9(10,11)5-3-6/h10-11H,5-9H2,1-4H3;6-7H,2-5,12H2,1H3/t11-;7-/m00/s1. The summed E-state index contributed by atoms with van der Waals surface area (Å²) in [5.41, 5.74) is 4.93. The van der Waals surface area contributed by atoms with E-state index in [4.69, 9.17) is 15.2 Å². The van der Waals surface area contributed by atoms with Crippen molar-refractivity contribution in [1.29, 1.82) is 0 Å². The number of alkyl halides is 4. The molecule has 2 fully saturated rings. The maximum Gasteiger partial charge on any atom is 0.322 e. The van der Waals surface area contributed by atoms with Crippen molar-refractivity contribution in [2.45, 2.75) is 102 Å². The van der Waals surface area contributed by atoms with Gasteiger partial charge >= 0.3 is 17.9 Å². The Morgan fingerprint density at radius 3 is 1.60 bits per heavy atom. The molecule has 0 spiro atoms. The van der Waals surface area contributed by atoms with Crippen LogP contribution >= 0.6 is 0 Å². The first-order chi connectivity index (χ1) is 16.0. The van der Waals surface area contributed by atoms with Crippen molar-refractivity contribution in [2.75, 3.05) is 14.2 Å². The van der Waals surface area contributed by atoms with Crippen LogP contribution in [0.5, 0.6) is 0 Å². The molecule has 0 aromatic carbocycles. The number of halogens is 4. The molecule has 0 saturated heterocycles. The van der Waals surface area contributed by atoms with E-state index >= 15 is 0 Å². The molecule has 2 atom stereocenters. The van der Waals surface area contributed by atoms with Crippen LogP contribution in [0.4, 0.5) is 17.6 Å². The number of hydrogen-bond donors (Lipinski definition) is 1. The summed E-state index contributed by atoms with van der Waals surface area (Å²) in [5.74, 6) is -7.92. The minimum absolute atomic E-state index is 0.125. The van der Waals surface area contributed by atoms with Gasteiger partial charge in [0.15, 0.2) is 0 Å². The Bertz CT molecular complexity index is 705. The number of carbonyl (C=O) groups is 3. The van der Waals surface area contributed by atoms with Crippen molar-refractivity contribution in [3.8, 4) is 0 Å². The number of rotatable bonds is 6. The van der Waals surface area contributed by atoms with E-state index in [0.717, 1.165) is 0 Å². The van der Waals surface area contributed by atoms with Gasteiger partial charge in [-0.05, 0) is 58.3 Å². The molecular formula is C24H39F4NO6. The number of esters is 3. The molecule has 0 amide bonds. The van der Waals surface area contributed by atoms with Crippen LogP contribution in [0.15, 0.2) is 0 Å². The van der Waals surface area contributed by atoms with Crippen LogP contribution in [0.3, 0.4) is 0 Å². The molecule has 2 aliphatic carbocycles. The summed E-state index contributed by atoms with van der Waals surface area (Å²) in [7, 11) is 2.49. The fourth-order valence-electron chi connectivity index (χ4n) is 4.37. The van der Waals surface area contributed by atoms with Gasteiger partial charge in [0.2, 0.25) is 11.8 Å². The Labute approximate surface area is 204 Å². The van der Waals surface area contributed by atoms with E-state index in [1.54, 1.807) is 20.8 Å². The van der Waals surface area contributed by atoms with Crippen molar-refractivity contribution >= 4 is 17.9 Å². The SMILES string of the molecule is COC(=O)[C@@H](CC(=O)OC(C)(C)C)C1CCC(F)(F)CC1.COC(=O)[C@@H](N)C1CCC(F)(F)CC1. The fraction of sp³-hybridized carbons (Fsp3) is 0.875. The Hall–Kier alpha value is -1.91. The lowest BCUT2D eigenvalue weighted by Crippen LogP contribution is -2.42. The number of hydrogen-bond acceptors (Lipinski definition) is 7. The molecule has 0 unspecified atom stereocenters. The first-order valence-electron chi connectivity index (χ1n) is 11.9. The third-order valence-corrected chi connectivity index (χ3v) is 6.38. The molecule has 35 heavy (non-hydrogen) atoms. The molecule has 11 heteroatoms. The van der Waals surface area contributed by atoms with E-state index in [1.807, 2.05) is 0 Å². The van der Waals surface area contributed by atoms with Crippen LogP contribution in [0, 0.1) is 17.8 Å². The van der Waals surface area contributed by atoms with E-state index in [9.17, 15) is 31.9 Å². The van der Waals surface area contributed by atoms with Gasteiger partial charge in [0.25, 0.3) is 0 Å². The van der Waals surface area contributed by atoms with Crippen LogP contribution in [0.25, 0.3) is 0 Å². The molecule has 7 nitrogen and oxygen atoms in total. The summed E-state index contributed by atoms with van der Waals surface area (Å²) in [6, 6.07) is -0.754. The van der Waals surface area contributed by atoms with Crippen LogP contribution in [-0.4, -0.2) is 55.6 Å². The van der Waals surface area contributed by atoms with Gasteiger partial charge in [-0.15, -0.1) is 0 Å². The zero-order valence-corrected chi connectivity index (χ0v) is 21.2. The summed E-state index contributed by atoms with van der Waals surface area (Å²) in [5, 5.41) is 0. The highest BCUT2D eigenvalue weighted by molar-refractivity contribution is 5.80. The highest BCUT2D eigenvalue weighted by Crippen LogP contribution is 2.40. The van der Waals surface area contributed by atoms with Crippen LogP contribution in [-0.2, 0) is 28.6 Å². The topological polar surface area (TPSA) is 105 Å². The van der Waals surface area contributed by atoms with Crippen LogP contribution < -0.4 is 5.73 Å². The predicted molar refractivity (Wildman–Crippen MR) is 120 cm³/mol. The van der Waals surface area contributed by atoms with Gasteiger partial charge in [0.1, 0.15) is 11.6 Å². The maximum absolute atomic E-state index is 13.2. The van der Waals surface area contributed by atoms with Crippen molar-refractivity contribution in [2.24, 2.45) is 23.5 Å². The van der Waals surface area contributed by atoms with E-state index in [-0.39, 0.29) is 56.8 Å². The molecular weight excluding hydrogens is 474 g/mol. The largest absolute Gasteiger partial charge is 0.469 e. The second-order valence-electron chi connectivity index (χ2n) is 10.4. The Morgan fingerprint density at radius 1 is 0.829 bits per heavy atom. The number of nitrogens with two attached hydrogens (primary N) is 1. The monoisotopic (exact) mass is 513 g/mol. The number of ether oxygens (including phenoxy) is 3. The van der Waals surface area contributed by atoms with Gasteiger partial charge < -0.3 is 19.9 Å². The summed E-state index contributed by atoms with van der Waals surface area (Å²) in [6.07, 6.45) is 0.0432. The van der Waals surface area contributed by atoms with Crippen LogP contribution in [0.2, 0.25) is 0 Å². The smallest absolute Gasteiger partial charge is 0.322 e. The molecule has 0 aromatic heterocycles. The van der Waals surface area contributed by atoms with E-state index in [0.29, 0.717) is 12.8 Å². The van der Waals surface area contributed by atoms with Gasteiger partial charge in [-0.2, -0.15) is 0 Å². The normalized spacial score (nSPS) is 22.1. The Balaban J connectivity index is 0.000000379. The molecule has 0 aromatic rings. The molecule has 204 valence electrons. The average molecular weight is 514 g/mol. The first kappa shape index (κ1) is 31.1. The van der Waals surface area contributed by atoms with Crippen molar-refractivity contribution in [1.82, 2.24) is 0 Å². The van der Waals surface area contributed by atoms with Gasteiger partial charge in [0.05, 0.1) is 26.6 Å². The third-order valence-electron chi connectivity index (χ3n) is 6.38. The van der Waals surface area contributed by atoms with E-state index < -0.39 is 47.3 Å². The third kappa shape index (κ3) is 11.1. The Kier molecular flexibility index (Phi) is 11.4. The lowest BCUT2D eigenvalue weighted by Gasteiger charge is -2.32. The molecule has 2 N–H and O–H groups in total. The summed E-state index contributed by atoms with van der Waals surface area (Å²) in [6.45, 7) is 5.21. The highest BCUT2D eigenvalue weighted by Gasteiger charge is 2.41. The minimum Gasteiger partial charge on any atom is -0.469 e.